The van der Waals surface area contributed by atoms with Crippen LogP contribution in [0.1, 0.15) is 20.3 Å². The molecule has 1 aliphatic carbocycles. The fourth-order valence-electron chi connectivity index (χ4n) is 3.65. The number of rotatable bonds is 3. The second kappa shape index (κ2) is 4.41. The molecule has 3 nitrogen and oxygen atoms in total. The van der Waals surface area contributed by atoms with Crippen molar-refractivity contribution < 1.29 is 4.74 Å². The highest BCUT2D eigenvalue weighted by molar-refractivity contribution is 5.55. The van der Waals surface area contributed by atoms with Gasteiger partial charge in [-0.15, -0.1) is 0 Å². The van der Waals surface area contributed by atoms with E-state index in [4.69, 9.17) is 4.74 Å². The standard InChI is InChI=1S/C16H24N2O/c1-16(2)14(13-9-10-19-15(13)16)17-11-5-7-12(8-6-11)18(3)4/h5-8,13-15,17H,9-10H2,1-4H3. The summed E-state index contributed by atoms with van der Waals surface area (Å²) in [6, 6.07) is 9.21. The Kier molecular flexibility index (Phi) is 2.97. The molecule has 3 rings (SSSR count). The predicted molar refractivity (Wildman–Crippen MR) is 79.8 cm³/mol. The lowest BCUT2D eigenvalue weighted by Crippen LogP contribution is -2.63. The Labute approximate surface area is 115 Å². The molecular formula is C16H24N2O. The van der Waals surface area contributed by atoms with Crippen molar-refractivity contribution >= 4 is 11.4 Å². The van der Waals surface area contributed by atoms with Crippen LogP contribution in [0.4, 0.5) is 11.4 Å². The SMILES string of the molecule is CN(C)c1ccc(NC2C3CCOC3C2(C)C)cc1. The van der Waals surface area contributed by atoms with Crippen LogP contribution in [-0.4, -0.2) is 32.8 Å². The molecule has 3 atom stereocenters. The molecule has 0 aromatic heterocycles. The van der Waals surface area contributed by atoms with Crippen molar-refractivity contribution in [1.82, 2.24) is 0 Å². The van der Waals surface area contributed by atoms with Crippen LogP contribution in [0.5, 0.6) is 0 Å². The smallest absolute Gasteiger partial charge is 0.0694 e. The molecule has 1 aromatic carbocycles. The Morgan fingerprint density at radius 3 is 2.53 bits per heavy atom. The lowest BCUT2D eigenvalue weighted by molar-refractivity contribution is -0.0923. The van der Waals surface area contributed by atoms with E-state index in [2.05, 4.69) is 62.4 Å². The van der Waals surface area contributed by atoms with Crippen molar-refractivity contribution in [3.8, 4) is 0 Å². The zero-order valence-corrected chi connectivity index (χ0v) is 12.3. The third-order valence-electron chi connectivity index (χ3n) is 4.81. The normalized spacial score (nSPS) is 31.5. The molecule has 0 amide bonds. The van der Waals surface area contributed by atoms with E-state index in [1.165, 1.54) is 17.8 Å². The van der Waals surface area contributed by atoms with Crippen molar-refractivity contribution in [3.05, 3.63) is 24.3 Å². The summed E-state index contributed by atoms with van der Waals surface area (Å²) in [5, 5.41) is 3.71. The Bertz CT molecular complexity index is 452. The molecule has 1 aliphatic heterocycles. The summed E-state index contributed by atoms with van der Waals surface area (Å²) in [5.41, 5.74) is 2.69. The van der Waals surface area contributed by atoms with Crippen LogP contribution in [0.25, 0.3) is 0 Å². The summed E-state index contributed by atoms with van der Waals surface area (Å²) < 4.78 is 5.84. The zero-order valence-electron chi connectivity index (χ0n) is 12.3. The number of hydrogen-bond donors (Lipinski definition) is 1. The van der Waals surface area contributed by atoms with E-state index in [1.807, 2.05) is 0 Å². The van der Waals surface area contributed by atoms with E-state index in [0.29, 0.717) is 18.1 Å². The summed E-state index contributed by atoms with van der Waals surface area (Å²) in [5.74, 6) is 0.684. The van der Waals surface area contributed by atoms with Gasteiger partial charge in [0.1, 0.15) is 0 Å². The monoisotopic (exact) mass is 260 g/mol. The third kappa shape index (κ3) is 2.00. The summed E-state index contributed by atoms with van der Waals surface area (Å²) in [7, 11) is 4.13. The minimum absolute atomic E-state index is 0.237. The molecule has 19 heavy (non-hydrogen) atoms. The largest absolute Gasteiger partial charge is 0.381 e. The van der Waals surface area contributed by atoms with Crippen LogP contribution in [0, 0.1) is 11.3 Å². The van der Waals surface area contributed by atoms with Crippen LogP contribution >= 0.6 is 0 Å². The van der Waals surface area contributed by atoms with Crippen molar-refractivity contribution in [2.75, 3.05) is 30.9 Å². The first-order chi connectivity index (χ1) is 9.00. The molecule has 2 aliphatic rings. The van der Waals surface area contributed by atoms with Gasteiger partial charge in [-0.2, -0.15) is 0 Å². The molecule has 1 saturated carbocycles. The van der Waals surface area contributed by atoms with Crippen LogP contribution in [0.15, 0.2) is 24.3 Å². The lowest BCUT2D eigenvalue weighted by Gasteiger charge is -2.55. The van der Waals surface area contributed by atoms with Gasteiger partial charge in [-0.3, -0.25) is 0 Å². The Balaban J connectivity index is 1.71. The van der Waals surface area contributed by atoms with Gasteiger partial charge in [0.05, 0.1) is 6.10 Å². The van der Waals surface area contributed by atoms with E-state index < -0.39 is 0 Å². The van der Waals surface area contributed by atoms with Crippen LogP contribution < -0.4 is 10.2 Å². The van der Waals surface area contributed by atoms with Crippen LogP contribution in [0.2, 0.25) is 0 Å². The van der Waals surface area contributed by atoms with E-state index >= 15 is 0 Å². The summed E-state index contributed by atoms with van der Waals surface area (Å²) >= 11 is 0. The maximum Gasteiger partial charge on any atom is 0.0694 e. The average molecular weight is 260 g/mol. The summed E-state index contributed by atoms with van der Waals surface area (Å²) in [4.78, 5) is 2.12. The van der Waals surface area contributed by atoms with E-state index in [1.54, 1.807) is 0 Å². The molecule has 3 unspecified atom stereocenters. The number of hydrogen-bond acceptors (Lipinski definition) is 3. The molecule has 1 aromatic rings. The first-order valence-electron chi connectivity index (χ1n) is 7.15. The van der Waals surface area contributed by atoms with Crippen molar-refractivity contribution in [2.24, 2.45) is 11.3 Å². The first-order valence-corrected chi connectivity index (χ1v) is 7.15. The Morgan fingerprint density at radius 1 is 1.21 bits per heavy atom. The number of nitrogens with zero attached hydrogens (tertiary/aromatic N) is 1. The highest BCUT2D eigenvalue weighted by Gasteiger charge is 2.59. The summed E-state index contributed by atoms with van der Waals surface area (Å²) in [6.07, 6.45) is 1.65. The number of benzene rings is 1. The van der Waals surface area contributed by atoms with E-state index in [0.717, 1.165) is 6.61 Å². The van der Waals surface area contributed by atoms with Crippen molar-refractivity contribution in [2.45, 2.75) is 32.4 Å². The number of ether oxygens (including phenoxy) is 1. The highest BCUT2D eigenvalue weighted by atomic mass is 16.5. The van der Waals surface area contributed by atoms with Gasteiger partial charge in [-0.05, 0) is 30.7 Å². The fourth-order valence-corrected chi connectivity index (χ4v) is 3.65. The summed E-state index contributed by atoms with van der Waals surface area (Å²) in [6.45, 7) is 5.55. The first kappa shape index (κ1) is 12.8. The van der Waals surface area contributed by atoms with Crippen molar-refractivity contribution in [3.63, 3.8) is 0 Å². The molecular weight excluding hydrogens is 236 g/mol. The fraction of sp³-hybridized carbons (Fsp3) is 0.625. The second-order valence-electron chi connectivity index (χ2n) is 6.63. The molecule has 1 N–H and O–H groups in total. The maximum atomic E-state index is 5.84. The number of anilines is 2. The quantitative estimate of drug-likeness (QED) is 0.904. The molecule has 1 heterocycles. The highest BCUT2D eigenvalue weighted by Crippen LogP contribution is 2.53. The van der Waals surface area contributed by atoms with Crippen LogP contribution in [-0.2, 0) is 4.74 Å². The topological polar surface area (TPSA) is 24.5 Å². The van der Waals surface area contributed by atoms with E-state index in [-0.39, 0.29) is 5.41 Å². The lowest BCUT2D eigenvalue weighted by atomic mass is 9.57. The van der Waals surface area contributed by atoms with Gasteiger partial charge in [0.25, 0.3) is 0 Å². The minimum atomic E-state index is 0.237. The Morgan fingerprint density at radius 2 is 1.89 bits per heavy atom. The molecule has 104 valence electrons. The number of nitrogens with one attached hydrogen (secondary N) is 1. The average Bonchev–Trinajstić information content (AvgIpc) is 2.83. The van der Waals surface area contributed by atoms with Crippen molar-refractivity contribution in [1.29, 1.82) is 0 Å². The molecule has 0 radical (unpaired) electrons. The van der Waals surface area contributed by atoms with Gasteiger partial charge in [0.15, 0.2) is 0 Å². The molecule has 1 saturated heterocycles. The third-order valence-corrected chi connectivity index (χ3v) is 4.81. The second-order valence-corrected chi connectivity index (χ2v) is 6.63. The molecule has 0 spiro atoms. The zero-order chi connectivity index (χ0) is 13.6. The molecule has 3 heteroatoms. The van der Waals surface area contributed by atoms with Gasteiger partial charge in [-0.1, -0.05) is 13.8 Å². The van der Waals surface area contributed by atoms with Crippen LogP contribution in [0.3, 0.4) is 0 Å². The van der Waals surface area contributed by atoms with E-state index in [9.17, 15) is 0 Å². The van der Waals surface area contributed by atoms with Gasteiger partial charge < -0.3 is 15.0 Å². The number of fused-ring (bicyclic) bond motifs is 1. The van der Waals surface area contributed by atoms with Gasteiger partial charge in [0.2, 0.25) is 0 Å². The van der Waals surface area contributed by atoms with Gasteiger partial charge in [-0.25, -0.2) is 0 Å². The van der Waals surface area contributed by atoms with Gasteiger partial charge in [0, 0.05) is 49.5 Å². The minimum Gasteiger partial charge on any atom is -0.381 e. The molecule has 2 fully saturated rings. The predicted octanol–water partition coefficient (Wildman–Crippen LogP) is 2.98. The van der Waals surface area contributed by atoms with Gasteiger partial charge >= 0.3 is 0 Å². The maximum absolute atomic E-state index is 5.84. The Hall–Kier alpha value is -1.22. The molecule has 0 bridgehead atoms.